The van der Waals surface area contributed by atoms with Gasteiger partial charge in [-0.3, -0.25) is 9.59 Å². The third-order valence-corrected chi connectivity index (χ3v) is 5.60. The third kappa shape index (κ3) is 4.98. The first-order chi connectivity index (χ1) is 13.4. The molecule has 5 heteroatoms. The number of amides is 1. The van der Waals surface area contributed by atoms with E-state index in [1.165, 1.54) is 18.7 Å². The van der Waals surface area contributed by atoms with Gasteiger partial charge in [0.15, 0.2) is 5.78 Å². The zero-order valence-electron chi connectivity index (χ0n) is 16.4. The van der Waals surface area contributed by atoms with Crippen molar-refractivity contribution in [2.75, 3.05) is 5.75 Å². The van der Waals surface area contributed by atoms with Crippen molar-refractivity contribution in [3.05, 3.63) is 71.3 Å². The summed E-state index contributed by atoms with van der Waals surface area (Å²) in [5.74, 6) is 0.0190. The molecule has 0 radical (unpaired) electrons. The van der Waals surface area contributed by atoms with Crippen molar-refractivity contribution >= 4 is 34.4 Å². The lowest BCUT2D eigenvalue weighted by Gasteiger charge is -2.16. The van der Waals surface area contributed by atoms with E-state index >= 15 is 0 Å². The summed E-state index contributed by atoms with van der Waals surface area (Å²) in [7, 11) is 0. The Morgan fingerprint density at radius 3 is 2.50 bits per heavy atom. The average Bonchev–Trinajstić information content (AvgIpc) is 2.67. The number of hydrogen-bond acceptors (Lipinski definition) is 4. The van der Waals surface area contributed by atoms with Crippen molar-refractivity contribution in [2.45, 2.75) is 38.3 Å². The van der Waals surface area contributed by atoms with Crippen LogP contribution in [0.2, 0.25) is 0 Å². The molecule has 1 aromatic heterocycles. The van der Waals surface area contributed by atoms with E-state index in [1.54, 1.807) is 0 Å². The van der Waals surface area contributed by atoms with E-state index in [1.807, 2.05) is 55.5 Å². The van der Waals surface area contributed by atoms with Crippen molar-refractivity contribution in [2.24, 2.45) is 0 Å². The first-order valence-electron chi connectivity index (χ1n) is 9.27. The number of carbonyl (C=O) groups excluding carboxylic acids is 2. The molecule has 2 aromatic carbocycles. The zero-order valence-corrected chi connectivity index (χ0v) is 17.2. The second kappa shape index (κ2) is 9.02. The highest BCUT2D eigenvalue weighted by molar-refractivity contribution is 7.99. The maximum absolute atomic E-state index is 12.4. The van der Waals surface area contributed by atoms with Crippen LogP contribution in [0.15, 0.2) is 59.6 Å². The van der Waals surface area contributed by atoms with E-state index in [4.69, 9.17) is 4.98 Å². The van der Waals surface area contributed by atoms with Crippen LogP contribution in [-0.4, -0.2) is 28.5 Å². The number of Topliss-reactive ketones (excluding diaryl/α,β-unsaturated/α-hetero) is 1. The summed E-state index contributed by atoms with van der Waals surface area (Å²) in [5.41, 5.74) is 4.25. The number of pyridine rings is 1. The molecule has 0 fully saturated rings. The Bertz CT molecular complexity index is 1000. The van der Waals surface area contributed by atoms with Gasteiger partial charge in [0.05, 0.1) is 22.3 Å². The summed E-state index contributed by atoms with van der Waals surface area (Å²) >= 11 is 1.39. The van der Waals surface area contributed by atoms with Gasteiger partial charge in [-0.25, -0.2) is 4.98 Å². The Morgan fingerprint density at radius 2 is 1.79 bits per heavy atom. The molecule has 0 bridgehead atoms. The van der Waals surface area contributed by atoms with Crippen molar-refractivity contribution in [1.29, 1.82) is 0 Å². The number of thioether (sulfide) groups is 1. The van der Waals surface area contributed by atoms with Crippen molar-refractivity contribution < 1.29 is 9.59 Å². The average molecular weight is 393 g/mol. The number of aromatic nitrogens is 1. The number of nitrogens with zero attached hydrogens (tertiary/aromatic N) is 1. The minimum atomic E-state index is -0.510. The summed E-state index contributed by atoms with van der Waals surface area (Å²) in [6.45, 7) is 5.61. The summed E-state index contributed by atoms with van der Waals surface area (Å²) in [6.07, 6.45) is 0.499. The van der Waals surface area contributed by atoms with Crippen LogP contribution in [0.5, 0.6) is 0 Å². The highest BCUT2D eigenvalue weighted by Crippen LogP contribution is 2.25. The van der Waals surface area contributed by atoms with E-state index in [0.717, 1.165) is 32.6 Å². The number of para-hydroxylation sites is 1. The van der Waals surface area contributed by atoms with Crippen LogP contribution in [-0.2, 0) is 16.0 Å². The fourth-order valence-electron chi connectivity index (χ4n) is 3.13. The molecule has 144 valence electrons. The van der Waals surface area contributed by atoms with Gasteiger partial charge in [0.2, 0.25) is 5.91 Å². The van der Waals surface area contributed by atoms with Crippen LogP contribution in [0.4, 0.5) is 0 Å². The van der Waals surface area contributed by atoms with Crippen molar-refractivity contribution in [3.63, 3.8) is 0 Å². The lowest BCUT2D eigenvalue weighted by molar-refractivity contribution is -0.125. The molecule has 1 atom stereocenters. The molecular weight excluding hydrogens is 368 g/mol. The molecular formula is C23H24N2O2S. The van der Waals surface area contributed by atoms with Gasteiger partial charge in [-0.1, -0.05) is 60.3 Å². The Balaban J connectivity index is 1.65. The van der Waals surface area contributed by atoms with Gasteiger partial charge in [-0.2, -0.15) is 0 Å². The Labute approximate surface area is 169 Å². The number of hydrogen-bond donors (Lipinski definition) is 1. The molecule has 0 saturated carbocycles. The van der Waals surface area contributed by atoms with Crippen LogP contribution >= 0.6 is 11.8 Å². The van der Waals surface area contributed by atoms with Gasteiger partial charge in [0, 0.05) is 5.39 Å². The van der Waals surface area contributed by atoms with Crippen LogP contribution in [0.1, 0.15) is 23.6 Å². The fourth-order valence-corrected chi connectivity index (χ4v) is 3.90. The molecule has 1 N–H and O–H groups in total. The highest BCUT2D eigenvalue weighted by atomic mass is 32.2. The van der Waals surface area contributed by atoms with E-state index in [9.17, 15) is 9.59 Å². The van der Waals surface area contributed by atoms with Gasteiger partial charge in [0.1, 0.15) is 0 Å². The SMILES string of the molecule is CC(=O)[C@H](Cc1ccccc1)NC(=O)CSc1cc(C)c2cccc(C)c2n1. The maximum atomic E-state index is 12.4. The first kappa shape index (κ1) is 20.1. The minimum absolute atomic E-state index is 0.0440. The molecule has 0 aliphatic carbocycles. The second-order valence-electron chi connectivity index (χ2n) is 6.96. The monoisotopic (exact) mass is 392 g/mol. The van der Waals surface area contributed by atoms with Gasteiger partial charge >= 0.3 is 0 Å². The third-order valence-electron chi connectivity index (χ3n) is 4.68. The van der Waals surface area contributed by atoms with Gasteiger partial charge in [-0.05, 0) is 49.9 Å². The molecule has 1 heterocycles. The molecule has 0 spiro atoms. The molecule has 0 unspecified atom stereocenters. The zero-order chi connectivity index (χ0) is 20.1. The molecule has 0 saturated heterocycles. The maximum Gasteiger partial charge on any atom is 0.231 e. The van der Waals surface area contributed by atoms with Gasteiger partial charge < -0.3 is 5.32 Å². The summed E-state index contributed by atoms with van der Waals surface area (Å²) in [5, 5.41) is 4.81. The summed E-state index contributed by atoms with van der Waals surface area (Å²) in [6, 6.07) is 17.3. The van der Waals surface area contributed by atoms with E-state index in [-0.39, 0.29) is 17.4 Å². The molecule has 4 nitrogen and oxygen atoms in total. The van der Waals surface area contributed by atoms with Crippen LogP contribution in [0.3, 0.4) is 0 Å². The van der Waals surface area contributed by atoms with Crippen molar-refractivity contribution in [3.8, 4) is 0 Å². The predicted molar refractivity (Wildman–Crippen MR) is 115 cm³/mol. The molecule has 1 amide bonds. The normalized spacial score (nSPS) is 12.0. The van der Waals surface area contributed by atoms with E-state index in [2.05, 4.69) is 18.3 Å². The molecule has 0 aliphatic heterocycles. The number of fused-ring (bicyclic) bond motifs is 1. The lowest BCUT2D eigenvalue weighted by Crippen LogP contribution is -2.42. The number of ketones is 1. The Hall–Kier alpha value is -2.66. The van der Waals surface area contributed by atoms with E-state index < -0.39 is 6.04 Å². The number of carbonyl (C=O) groups is 2. The minimum Gasteiger partial charge on any atom is -0.345 e. The molecule has 3 aromatic rings. The largest absolute Gasteiger partial charge is 0.345 e. The lowest BCUT2D eigenvalue weighted by atomic mass is 10.0. The van der Waals surface area contributed by atoms with Crippen LogP contribution < -0.4 is 5.32 Å². The standard InChI is InChI=1S/C23H24N2O2S/c1-15-8-7-11-19-16(2)12-22(25-23(15)19)28-14-21(27)24-20(17(3)26)13-18-9-5-4-6-10-18/h4-12,20H,13-14H2,1-3H3,(H,24,27)/t20-/m0/s1. The van der Waals surface area contributed by atoms with Crippen molar-refractivity contribution in [1.82, 2.24) is 10.3 Å². The topological polar surface area (TPSA) is 59.1 Å². The van der Waals surface area contributed by atoms with E-state index in [0.29, 0.717) is 6.42 Å². The quantitative estimate of drug-likeness (QED) is 0.611. The predicted octanol–water partition coefficient (Wildman–Crippen LogP) is 4.26. The smallest absolute Gasteiger partial charge is 0.231 e. The van der Waals surface area contributed by atoms with Gasteiger partial charge in [0.25, 0.3) is 0 Å². The molecule has 0 aliphatic rings. The number of nitrogens with one attached hydrogen (secondary N) is 1. The Kier molecular flexibility index (Phi) is 6.47. The Morgan fingerprint density at radius 1 is 1.04 bits per heavy atom. The van der Waals surface area contributed by atoms with Gasteiger partial charge in [-0.15, -0.1) is 0 Å². The molecule has 28 heavy (non-hydrogen) atoms. The van der Waals surface area contributed by atoms with Crippen LogP contribution in [0.25, 0.3) is 10.9 Å². The van der Waals surface area contributed by atoms with Crippen LogP contribution in [0, 0.1) is 13.8 Å². The summed E-state index contributed by atoms with van der Waals surface area (Å²) in [4.78, 5) is 29.1. The second-order valence-corrected chi connectivity index (χ2v) is 7.95. The number of aryl methyl sites for hydroxylation is 2. The molecule has 3 rings (SSSR count). The fraction of sp³-hybridized carbons (Fsp3) is 0.261. The number of rotatable bonds is 7. The number of benzene rings is 2. The summed E-state index contributed by atoms with van der Waals surface area (Å²) < 4.78 is 0. The highest BCUT2D eigenvalue weighted by Gasteiger charge is 2.18. The first-order valence-corrected chi connectivity index (χ1v) is 10.3.